The van der Waals surface area contributed by atoms with Crippen LogP contribution in [0.4, 0.5) is 0 Å². The van der Waals surface area contributed by atoms with Crippen LogP contribution >= 0.6 is 0 Å². The Balaban J connectivity index is 1.98. The fourth-order valence-electron chi connectivity index (χ4n) is 2.81. The number of aliphatic carboxylic acids is 1. The Bertz CT molecular complexity index is 1010. The van der Waals surface area contributed by atoms with Crippen LogP contribution in [-0.2, 0) is 11.3 Å². The number of benzene rings is 2. The van der Waals surface area contributed by atoms with Crippen molar-refractivity contribution in [2.45, 2.75) is 19.0 Å². The van der Waals surface area contributed by atoms with Gasteiger partial charge in [-0.15, -0.1) is 0 Å². The first-order valence-corrected chi connectivity index (χ1v) is 9.50. The maximum Gasteiger partial charge on any atom is 0.305 e. The fourth-order valence-corrected chi connectivity index (χ4v) is 2.81. The van der Waals surface area contributed by atoms with Crippen molar-refractivity contribution < 1.29 is 29.0 Å². The van der Waals surface area contributed by atoms with Gasteiger partial charge in [-0.2, -0.15) is 0 Å². The average molecular weight is 441 g/mol. The van der Waals surface area contributed by atoms with E-state index < -0.39 is 17.9 Å². The molecule has 0 bridgehead atoms. The lowest BCUT2D eigenvalue weighted by Gasteiger charge is -2.15. The summed E-state index contributed by atoms with van der Waals surface area (Å²) in [6.07, 6.45) is -0.371. The van der Waals surface area contributed by atoms with E-state index in [0.717, 1.165) is 5.56 Å². The second-order valence-electron chi connectivity index (χ2n) is 6.63. The van der Waals surface area contributed by atoms with Crippen molar-refractivity contribution in [3.05, 3.63) is 69.6 Å². The second-order valence-corrected chi connectivity index (χ2v) is 6.63. The summed E-state index contributed by atoms with van der Waals surface area (Å²) >= 11 is 0. The van der Waals surface area contributed by atoms with Gasteiger partial charge in [0.2, 0.25) is 0 Å². The summed E-state index contributed by atoms with van der Waals surface area (Å²) in [6, 6.07) is 10.5. The highest BCUT2D eigenvalue weighted by atomic mass is 16.5. The summed E-state index contributed by atoms with van der Waals surface area (Å²) in [7, 11) is 2.98. The van der Waals surface area contributed by atoms with Crippen LogP contribution in [0.5, 0.6) is 11.5 Å². The number of carbonyl (C=O) groups excluding carboxylic acids is 2. The van der Waals surface area contributed by atoms with Crippen molar-refractivity contribution in [3.8, 4) is 11.5 Å². The van der Waals surface area contributed by atoms with Gasteiger partial charge in [0, 0.05) is 35.7 Å². The molecule has 2 rings (SSSR count). The molecule has 0 unspecified atom stereocenters. The van der Waals surface area contributed by atoms with Crippen molar-refractivity contribution in [2.75, 3.05) is 20.8 Å². The van der Waals surface area contributed by atoms with E-state index in [9.17, 15) is 14.4 Å². The summed E-state index contributed by atoms with van der Waals surface area (Å²) in [5.74, 6) is -1.00. The molecular weight excluding hydrogens is 418 g/mol. The van der Waals surface area contributed by atoms with Crippen LogP contribution in [0.1, 0.15) is 32.7 Å². The van der Waals surface area contributed by atoms with Gasteiger partial charge in [-0.05, 0) is 35.4 Å². The molecule has 0 aromatic heterocycles. The third-order valence-corrected chi connectivity index (χ3v) is 4.44. The Morgan fingerprint density at radius 2 is 1.81 bits per heavy atom. The van der Waals surface area contributed by atoms with Crippen molar-refractivity contribution in [3.63, 3.8) is 0 Å². The number of methoxy groups -OCH3 is 2. The van der Waals surface area contributed by atoms with Crippen LogP contribution in [-0.4, -0.2) is 49.7 Å². The van der Waals surface area contributed by atoms with Crippen molar-refractivity contribution in [2.24, 2.45) is 5.11 Å². The van der Waals surface area contributed by atoms with E-state index in [-0.39, 0.29) is 25.4 Å². The molecule has 0 saturated carbocycles. The van der Waals surface area contributed by atoms with Crippen LogP contribution in [0.25, 0.3) is 10.4 Å². The van der Waals surface area contributed by atoms with Gasteiger partial charge < -0.3 is 25.2 Å². The molecule has 0 aliphatic heterocycles. The molecule has 0 saturated heterocycles. The molecule has 0 fully saturated rings. The maximum atomic E-state index is 12.5. The molecule has 0 aliphatic rings. The molecule has 168 valence electrons. The second kappa shape index (κ2) is 11.8. The highest BCUT2D eigenvalue weighted by molar-refractivity contribution is 5.97. The van der Waals surface area contributed by atoms with E-state index in [1.54, 1.807) is 42.5 Å². The zero-order valence-electron chi connectivity index (χ0n) is 17.6. The number of carbonyl (C=O) groups is 3. The van der Waals surface area contributed by atoms with Gasteiger partial charge in [0.15, 0.2) is 0 Å². The lowest BCUT2D eigenvalue weighted by atomic mass is 10.1. The first kappa shape index (κ1) is 24.0. The van der Waals surface area contributed by atoms with E-state index in [1.165, 1.54) is 14.2 Å². The number of azide groups is 1. The normalized spacial score (nSPS) is 10.9. The third kappa shape index (κ3) is 6.92. The standard InChI is InChI=1S/C21H23N5O6/c1-31-16-7-8-17(18(10-16)32-2)21(30)23-11-13-3-5-14(6-4-13)20(29)25-15(9-19(27)28)12-24-26-22/h3-8,10,15H,9,11-12H2,1-2H3,(H,23,30)(H,25,29)(H,27,28)/t15-/m0/s1. The summed E-state index contributed by atoms with van der Waals surface area (Å²) in [4.78, 5) is 38.3. The van der Waals surface area contributed by atoms with E-state index >= 15 is 0 Å². The summed E-state index contributed by atoms with van der Waals surface area (Å²) in [5.41, 5.74) is 9.81. The molecule has 11 nitrogen and oxygen atoms in total. The number of hydrogen-bond donors (Lipinski definition) is 3. The van der Waals surface area contributed by atoms with E-state index in [1.807, 2.05) is 0 Å². The Morgan fingerprint density at radius 1 is 1.09 bits per heavy atom. The minimum atomic E-state index is -1.12. The first-order chi connectivity index (χ1) is 15.4. The van der Waals surface area contributed by atoms with Gasteiger partial charge in [0.05, 0.1) is 26.2 Å². The van der Waals surface area contributed by atoms with Gasteiger partial charge in [-0.3, -0.25) is 14.4 Å². The predicted octanol–water partition coefficient (Wildman–Crippen LogP) is 2.52. The largest absolute Gasteiger partial charge is 0.497 e. The van der Waals surface area contributed by atoms with Crippen LogP contribution in [0, 0.1) is 0 Å². The quantitative estimate of drug-likeness (QED) is 0.276. The number of rotatable bonds is 11. The lowest BCUT2D eigenvalue weighted by molar-refractivity contribution is -0.137. The summed E-state index contributed by atoms with van der Waals surface area (Å²) in [5, 5.41) is 17.5. The Morgan fingerprint density at radius 3 is 2.41 bits per heavy atom. The average Bonchev–Trinajstić information content (AvgIpc) is 2.80. The van der Waals surface area contributed by atoms with Gasteiger partial charge in [0.25, 0.3) is 11.8 Å². The van der Waals surface area contributed by atoms with E-state index in [4.69, 9.17) is 20.1 Å². The first-order valence-electron chi connectivity index (χ1n) is 9.50. The molecule has 2 aromatic rings. The predicted molar refractivity (Wildman–Crippen MR) is 115 cm³/mol. The molecule has 0 spiro atoms. The molecule has 1 atom stereocenters. The zero-order chi connectivity index (χ0) is 23.5. The molecule has 32 heavy (non-hydrogen) atoms. The van der Waals surface area contributed by atoms with Gasteiger partial charge >= 0.3 is 5.97 Å². The molecular formula is C21H23N5O6. The number of carboxylic acids is 1. The lowest BCUT2D eigenvalue weighted by Crippen LogP contribution is -2.38. The fraction of sp³-hybridized carbons (Fsp3) is 0.286. The number of hydrogen-bond acceptors (Lipinski definition) is 6. The number of nitrogens with one attached hydrogen (secondary N) is 2. The minimum absolute atomic E-state index is 0.173. The Labute approximate surface area is 184 Å². The topological polar surface area (TPSA) is 163 Å². The van der Waals surface area contributed by atoms with Crippen LogP contribution in [0.3, 0.4) is 0 Å². The summed E-state index contributed by atoms with van der Waals surface area (Å²) in [6.45, 7) is 0.0436. The van der Waals surface area contributed by atoms with E-state index in [2.05, 4.69) is 20.7 Å². The number of amides is 2. The number of nitrogens with zero attached hydrogens (tertiary/aromatic N) is 3. The molecule has 0 radical (unpaired) electrons. The van der Waals surface area contributed by atoms with E-state index in [0.29, 0.717) is 22.6 Å². The van der Waals surface area contributed by atoms with Crippen LogP contribution < -0.4 is 20.1 Å². The highest BCUT2D eigenvalue weighted by Crippen LogP contribution is 2.24. The maximum absolute atomic E-state index is 12.5. The van der Waals surface area contributed by atoms with Crippen molar-refractivity contribution in [1.82, 2.24) is 10.6 Å². The molecule has 11 heteroatoms. The summed E-state index contributed by atoms with van der Waals surface area (Å²) < 4.78 is 10.4. The highest BCUT2D eigenvalue weighted by Gasteiger charge is 2.17. The van der Waals surface area contributed by atoms with Gasteiger partial charge in [-0.25, -0.2) is 0 Å². The smallest absolute Gasteiger partial charge is 0.305 e. The van der Waals surface area contributed by atoms with Crippen molar-refractivity contribution >= 4 is 17.8 Å². The molecule has 3 N–H and O–H groups in total. The molecule has 2 aromatic carbocycles. The van der Waals surface area contributed by atoms with Crippen LogP contribution in [0.2, 0.25) is 0 Å². The number of ether oxygens (including phenoxy) is 2. The SMILES string of the molecule is COc1ccc(C(=O)NCc2ccc(C(=O)N[C@H](CN=[N+]=[N-])CC(=O)O)cc2)c(OC)c1. The zero-order valence-corrected chi connectivity index (χ0v) is 17.6. The van der Waals surface area contributed by atoms with Gasteiger partial charge in [0.1, 0.15) is 11.5 Å². The van der Waals surface area contributed by atoms with Crippen LogP contribution in [0.15, 0.2) is 47.6 Å². The molecule has 0 aliphatic carbocycles. The Kier molecular flexibility index (Phi) is 8.88. The number of carboxylic acid groups (broad SMARTS) is 1. The van der Waals surface area contributed by atoms with Gasteiger partial charge in [-0.1, -0.05) is 17.2 Å². The van der Waals surface area contributed by atoms with Crippen molar-refractivity contribution in [1.29, 1.82) is 0 Å². The monoisotopic (exact) mass is 441 g/mol. The minimum Gasteiger partial charge on any atom is -0.497 e. The Hall–Kier alpha value is -4.24. The third-order valence-electron chi connectivity index (χ3n) is 4.44. The molecule has 0 heterocycles. The molecule has 2 amide bonds.